The number of aliphatic hydroxyl groups is 1. The Kier molecular flexibility index (Phi) is 5.84. The lowest BCUT2D eigenvalue weighted by Crippen LogP contribution is -2.36. The summed E-state index contributed by atoms with van der Waals surface area (Å²) in [5, 5.41) is 11.7. The molecule has 0 spiro atoms. The third-order valence-corrected chi connectivity index (χ3v) is 3.12. The molecule has 0 aliphatic carbocycles. The fraction of sp³-hybridized carbons (Fsp3) is 0.455. The molecule has 8 heteroatoms. The lowest BCUT2D eigenvalue weighted by atomic mass is 10.3. The Labute approximate surface area is 112 Å². The Morgan fingerprint density at radius 2 is 2.16 bits per heavy atom. The Morgan fingerprint density at radius 3 is 2.68 bits per heavy atom. The Bertz CT molecular complexity index is 451. The Balaban J connectivity index is 2.78. The number of amides is 2. The highest BCUT2D eigenvalue weighted by Gasteiger charge is 2.20. The van der Waals surface area contributed by atoms with E-state index in [2.05, 4.69) is 5.32 Å². The van der Waals surface area contributed by atoms with Gasteiger partial charge >= 0.3 is 0 Å². The molecule has 1 aromatic rings. The number of thiophene rings is 1. The van der Waals surface area contributed by atoms with Crippen molar-refractivity contribution in [3.05, 3.63) is 17.0 Å². The third kappa shape index (κ3) is 4.92. The fourth-order valence-corrected chi connectivity index (χ4v) is 2.33. The van der Waals surface area contributed by atoms with E-state index in [0.717, 1.165) is 16.2 Å². The highest BCUT2D eigenvalue weighted by molar-refractivity contribution is 7.18. The molecular formula is C11H14F2N2O3S. The van der Waals surface area contributed by atoms with E-state index in [1.807, 2.05) is 0 Å². The summed E-state index contributed by atoms with van der Waals surface area (Å²) in [7, 11) is 0. The van der Waals surface area contributed by atoms with Gasteiger partial charge in [-0.1, -0.05) is 0 Å². The number of anilines is 1. The fourth-order valence-electron chi connectivity index (χ4n) is 1.41. The van der Waals surface area contributed by atoms with Crippen LogP contribution >= 0.6 is 11.3 Å². The first-order valence-electron chi connectivity index (χ1n) is 5.49. The predicted molar refractivity (Wildman–Crippen MR) is 67.6 cm³/mol. The van der Waals surface area contributed by atoms with Gasteiger partial charge in [0.25, 0.3) is 12.3 Å². The summed E-state index contributed by atoms with van der Waals surface area (Å²) in [6.07, 6.45) is -2.66. The van der Waals surface area contributed by atoms with Crippen molar-refractivity contribution in [1.82, 2.24) is 4.90 Å². The molecule has 0 saturated heterocycles. The van der Waals surface area contributed by atoms with Crippen LogP contribution in [0.3, 0.4) is 0 Å². The van der Waals surface area contributed by atoms with Gasteiger partial charge in [-0.3, -0.25) is 9.59 Å². The largest absolute Gasteiger partial charge is 0.395 e. The van der Waals surface area contributed by atoms with Gasteiger partial charge in [-0.15, -0.1) is 11.3 Å². The van der Waals surface area contributed by atoms with Crippen LogP contribution in [-0.2, 0) is 4.79 Å². The Morgan fingerprint density at radius 1 is 1.47 bits per heavy atom. The standard InChI is InChI=1S/C11H14F2N2O3S/c1-7(17)14-10-3-2-8(19-10)11(18)15(4-5-16)6-9(12)13/h2-3,9,16H,4-6H2,1H3,(H,14,17). The molecule has 0 aliphatic heterocycles. The zero-order valence-electron chi connectivity index (χ0n) is 10.2. The van der Waals surface area contributed by atoms with Gasteiger partial charge in [-0.2, -0.15) is 0 Å². The second kappa shape index (κ2) is 7.15. The lowest BCUT2D eigenvalue weighted by Gasteiger charge is -2.20. The van der Waals surface area contributed by atoms with Crippen LogP contribution < -0.4 is 5.32 Å². The van der Waals surface area contributed by atoms with Gasteiger partial charge in [-0.05, 0) is 12.1 Å². The molecule has 0 fully saturated rings. The maximum absolute atomic E-state index is 12.3. The van der Waals surface area contributed by atoms with E-state index in [9.17, 15) is 18.4 Å². The molecule has 2 amide bonds. The molecule has 1 rings (SSSR count). The number of halogens is 2. The average Bonchev–Trinajstić information content (AvgIpc) is 2.74. The molecule has 0 saturated carbocycles. The van der Waals surface area contributed by atoms with Crippen molar-refractivity contribution < 1.29 is 23.5 Å². The Hall–Kier alpha value is -1.54. The first kappa shape index (κ1) is 15.5. The number of aliphatic hydroxyl groups excluding tert-OH is 1. The second-order valence-corrected chi connectivity index (χ2v) is 4.79. The number of nitrogens with zero attached hydrogens (tertiary/aromatic N) is 1. The minimum atomic E-state index is -2.66. The third-order valence-electron chi connectivity index (χ3n) is 2.13. The van der Waals surface area contributed by atoms with Crippen molar-refractivity contribution in [1.29, 1.82) is 0 Å². The van der Waals surface area contributed by atoms with E-state index in [1.165, 1.54) is 19.1 Å². The van der Waals surface area contributed by atoms with E-state index in [-0.39, 0.29) is 23.9 Å². The number of carbonyl (C=O) groups is 2. The van der Waals surface area contributed by atoms with Crippen LogP contribution in [0, 0.1) is 0 Å². The molecule has 0 unspecified atom stereocenters. The van der Waals surface area contributed by atoms with E-state index >= 15 is 0 Å². The van der Waals surface area contributed by atoms with Crippen molar-refractivity contribution in [2.45, 2.75) is 13.3 Å². The number of carbonyl (C=O) groups excluding carboxylic acids is 2. The topological polar surface area (TPSA) is 69.6 Å². The first-order valence-corrected chi connectivity index (χ1v) is 6.31. The predicted octanol–water partition coefficient (Wildman–Crippen LogP) is 1.41. The van der Waals surface area contributed by atoms with Gasteiger partial charge in [0.2, 0.25) is 5.91 Å². The van der Waals surface area contributed by atoms with E-state index in [1.54, 1.807) is 0 Å². The highest BCUT2D eigenvalue weighted by atomic mass is 32.1. The average molecular weight is 292 g/mol. The molecule has 0 radical (unpaired) electrons. The van der Waals surface area contributed by atoms with Crippen molar-refractivity contribution in [2.75, 3.05) is 25.0 Å². The minimum absolute atomic E-state index is 0.156. The van der Waals surface area contributed by atoms with Crippen molar-refractivity contribution >= 4 is 28.2 Å². The quantitative estimate of drug-likeness (QED) is 0.833. The zero-order valence-corrected chi connectivity index (χ0v) is 11.0. The normalized spacial score (nSPS) is 10.6. The van der Waals surface area contributed by atoms with E-state index in [4.69, 9.17) is 5.11 Å². The van der Waals surface area contributed by atoms with E-state index in [0.29, 0.717) is 5.00 Å². The number of hydrogen-bond donors (Lipinski definition) is 2. The summed E-state index contributed by atoms with van der Waals surface area (Å²) in [6.45, 7) is 0.0573. The molecule has 2 N–H and O–H groups in total. The van der Waals surface area contributed by atoms with Gasteiger partial charge in [0.1, 0.15) is 0 Å². The highest BCUT2D eigenvalue weighted by Crippen LogP contribution is 2.23. The number of hydrogen-bond acceptors (Lipinski definition) is 4. The van der Waals surface area contributed by atoms with Gasteiger partial charge in [0, 0.05) is 13.5 Å². The van der Waals surface area contributed by atoms with Gasteiger partial charge in [0.05, 0.1) is 23.0 Å². The first-order chi connectivity index (χ1) is 8.93. The maximum Gasteiger partial charge on any atom is 0.264 e. The molecule has 5 nitrogen and oxygen atoms in total. The smallest absolute Gasteiger partial charge is 0.264 e. The molecule has 0 aromatic carbocycles. The number of nitrogens with one attached hydrogen (secondary N) is 1. The molecular weight excluding hydrogens is 278 g/mol. The lowest BCUT2D eigenvalue weighted by molar-refractivity contribution is -0.114. The van der Waals surface area contributed by atoms with E-state index < -0.39 is 18.9 Å². The van der Waals surface area contributed by atoms with Crippen LogP contribution in [-0.4, -0.2) is 47.9 Å². The van der Waals surface area contributed by atoms with Crippen LogP contribution in [0.25, 0.3) is 0 Å². The molecule has 0 bridgehead atoms. The molecule has 0 atom stereocenters. The SMILES string of the molecule is CC(=O)Nc1ccc(C(=O)N(CCO)CC(F)F)s1. The molecule has 1 aromatic heterocycles. The van der Waals surface area contributed by atoms with Crippen LogP contribution in [0.4, 0.5) is 13.8 Å². The maximum atomic E-state index is 12.3. The number of alkyl halides is 2. The van der Waals surface area contributed by atoms with Crippen molar-refractivity contribution in [3.8, 4) is 0 Å². The van der Waals surface area contributed by atoms with Gasteiger partial charge in [-0.25, -0.2) is 8.78 Å². The summed E-state index contributed by atoms with van der Waals surface area (Å²) in [5.74, 6) is -0.864. The minimum Gasteiger partial charge on any atom is -0.395 e. The summed E-state index contributed by atoms with van der Waals surface area (Å²) < 4.78 is 24.7. The van der Waals surface area contributed by atoms with Gasteiger partial charge < -0.3 is 15.3 Å². The molecule has 0 aliphatic rings. The molecule has 1 heterocycles. The van der Waals surface area contributed by atoms with Crippen molar-refractivity contribution in [3.63, 3.8) is 0 Å². The van der Waals surface area contributed by atoms with Gasteiger partial charge in [0.15, 0.2) is 0 Å². The van der Waals surface area contributed by atoms with Crippen LogP contribution in [0.2, 0.25) is 0 Å². The number of rotatable bonds is 6. The van der Waals surface area contributed by atoms with Crippen LogP contribution in [0.1, 0.15) is 16.6 Å². The van der Waals surface area contributed by atoms with Crippen LogP contribution in [0.15, 0.2) is 12.1 Å². The molecule has 106 valence electrons. The summed E-state index contributed by atoms with van der Waals surface area (Å²) in [6, 6.07) is 2.98. The van der Waals surface area contributed by atoms with Crippen molar-refractivity contribution in [2.24, 2.45) is 0 Å². The second-order valence-electron chi connectivity index (χ2n) is 3.71. The molecule has 19 heavy (non-hydrogen) atoms. The monoisotopic (exact) mass is 292 g/mol. The van der Waals surface area contributed by atoms with Crippen LogP contribution in [0.5, 0.6) is 0 Å². The summed E-state index contributed by atoms with van der Waals surface area (Å²) in [5.41, 5.74) is 0. The summed E-state index contributed by atoms with van der Waals surface area (Å²) >= 11 is 1.00. The zero-order chi connectivity index (χ0) is 14.4. The summed E-state index contributed by atoms with van der Waals surface area (Å²) in [4.78, 5) is 23.9.